The Morgan fingerprint density at radius 2 is 2.06 bits per heavy atom. The molecule has 0 spiro atoms. The number of hydrogen-bond donors (Lipinski definition) is 1. The van der Waals surface area contributed by atoms with Crippen LogP contribution in [0.3, 0.4) is 0 Å². The Bertz CT molecular complexity index is 410. The van der Waals surface area contributed by atoms with Crippen molar-refractivity contribution in [2.45, 2.75) is 44.7 Å². The maximum atomic E-state index is 3.57. The van der Waals surface area contributed by atoms with Gasteiger partial charge in [0.2, 0.25) is 0 Å². The van der Waals surface area contributed by atoms with Crippen LogP contribution >= 0.6 is 0 Å². The summed E-state index contributed by atoms with van der Waals surface area (Å²) in [7, 11) is 2.22. The summed E-state index contributed by atoms with van der Waals surface area (Å²) < 4.78 is 0. The molecule has 1 N–H and O–H groups in total. The van der Waals surface area contributed by atoms with Gasteiger partial charge in [0.1, 0.15) is 0 Å². The summed E-state index contributed by atoms with van der Waals surface area (Å²) in [6, 6.07) is 7.91. The van der Waals surface area contributed by atoms with Gasteiger partial charge in [0.05, 0.1) is 0 Å². The summed E-state index contributed by atoms with van der Waals surface area (Å²) in [5.41, 5.74) is 4.65. The summed E-state index contributed by atoms with van der Waals surface area (Å²) in [5, 5.41) is 3.57. The van der Waals surface area contributed by atoms with Crippen molar-refractivity contribution >= 4 is 0 Å². The Labute approximate surface area is 110 Å². The number of likely N-dealkylation sites (N-methyl/N-ethyl adjacent to an activating group) is 1. The van der Waals surface area contributed by atoms with Gasteiger partial charge in [0.25, 0.3) is 0 Å². The van der Waals surface area contributed by atoms with Crippen LogP contribution in [0.2, 0.25) is 0 Å². The zero-order chi connectivity index (χ0) is 12.4. The van der Waals surface area contributed by atoms with Crippen LogP contribution in [-0.2, 0) is 19.4 Å². The van der Waals surface area contributed by atoms with Crippen molar-refractivity contribution in [1.82, 2.24) is 10.2 Å². The number of hydrogen-bond acceptors (Lipinski definition) is 2. The van der Waals surface area contributed by atoms with Gasteiger partial charge in [-0.2, -0.15) is 0 Å². The van der Waals surface area contributed by atoms with E-state index in [0.29, 0.717) is 0 Å². The van der Waals surface area contributed by atoms with Crippen molar-refractivity contribution in [1.29, 1.82) is 0 Å². The van der Waals surface area contributed by atoms with Gasteiger partial charge < -0.3 is 10.2 Å². The lowest BCUT2D eigenvalue weighted by molar-refractivity contribution is 0.324. The molecule has 1 aromatic rings. The quantitative estimate of drug-likeness (QED) is 0.826. The lowest BCUT2D eigenvalue weighted by Crippen LogP contribution is -2.30. The van der Waals surface area contributed by atoms with Crippen LogP contribution in [0.4, 0.5) is 0 Å². The van der Waals surface area contributed by atoms with E-state index < -0.39 is 0 Å². The highest BCUT2D eigenvalue weighted by Crippen LogP contribution is 2.23. The molecule has 0 bridgehead atoms. The van der Waals surface area contributed by atoms with Gasteiger partial charge in [-0.25, -0.2) is 0 Å². The van der Waals surface area contributed by atoms with Crippen molar-refractivity contribution in [3.63, 3.8) is 0 Å². The van der Waals surface area contributed by atoms with Crippen molar-refractivity contribution < 1.29 is 0 Å². The molecule has 18 heavy (non-hydrogen) atoms. The Balaban J connectivity index is 1.48. The predicted molar refractivity (Wildman–Crippen MR) is 75.8 cm³/mol. The molecule has 2 aliphatic rings. The third-order valence-electron chi connectivity index (χ3n) is 4.12. The number of nitrogens with one attached hydrogen (secondary N) is 1. The van der Waals surface area contributed by atoms with Gasteiger partial charge in [-0.3, -0.25) is 0 Å². The number of fused-ring (bicyclic) bond motifs is 1. The van der Waals surface area contributed by atoms with Gasteiger partial charge in [0, 0.05) is 25.7 Å². The minimum absolute atomic E-state index is 0.832. The molecular weight excluding hydrogens is 220 g/mol. The highest BCUT2D eigenvalue weighted by Gasteiger charge is 2.19. The Morgan fingerprint density at radius 1 is 1.22 bits per heavy atom. The molecule has 2 heteroatoms. The first kappa shape index (κ1) is 12.2. The van der Waals surface area contributed by atoms with Crippen LogP contribution < -0.4 is 5.32 Å². The molecule has 0 amide bonds. The fourth-order valence-electron chi connectivity index (χ4n) is 2.86. The first-order chi connectivity index (χ1) is 8.81. The Morgan fingerprint density at radius 3 is 2.89 bits per heavy atom. The van der Waals surface area contributed by atoms with E-state index in [1.54, 1.807) is 11.1 Å². The van der Waals surface area contributed by atoms with Crippen molar-refractivity contribution in [3.05, 3.63) is 34.9 Å². The normalized spacial score (nSPS) is 18.3. The SMILES string of the molecule is CN(CCNC1CC1)Cc1ccc2c(c1)CCC2. The zero-order valence-corrected chi connectivity index (χ0v) is 11.4. The zero-order valence-electron chi connectivity index (χ0n) is 11.4. The molecule has 2 nitrogen and oxygen atoms in total. The van der Waals surface area contributed by atoms with Crippen molar-refractivity contribution in [2.24, 2.45) is 0 Å². The van der Waals surface area contributed by atoms with Crippen LogP contribution in [0.15, 0.2) is 18.2 Å². The molecule has 1 aromatic carbocycles. The van der Waals surface area contributed by atoms with E-state index in [1.807, 2.05) is 0 Å². The molecule has 0 aromatic heterocycles. The average molecular weight is 244 g/mol. The van der Waals surface area contributed by atoms with E-state index >= 15 is 0 Å². The summed E-state index contributed by atoms with van der Waals surface area (Å²) in [5.74, 6) is 0. The topological polar surface area (TPSA) is 15.3 Å². The minimum Gasteiger partial charge on any atom is -0.313 e. The van der Waals surface area contributed by atoms with Crippen LogP contribution in [0.5, 0.6) is 0 Å². The number of aryl methyl sites for hydroxylation is 2. The first-order valence-corrected chi connectivity index (χ1v) is 7.34. The highest BCUT2D eigenvalue weighted by atomic mass is 15.1. The van der Waals surface area contributed by atoms with Crippen LogP contribution in [-0.4, -0.2) is 31.1 Å². The minimum atomic E-state index is 0.832. The summed E-state index contributed by atoms with van der Waals surface area (Å²) >= 11 is 0. The second-order valence-electron chi connectivity index (χ2n) is 5.92. The van der Waals surface area contributed by atoms with E-state index in [2.05, 4.69) is 35.5 Å². The Kier molecular flexibility index (Phi) is 3.67. The molecule has 0 unspecified atom stereocenters. The molecule has 1 saturated carbocycles. The molecule has 0 atom stereocenters. The van der Waals surface area contributed by atoms with E-state index in [1.165, 1.54) is 37.7 Å². The van der Waals surface area contributed by atoms with Crippen LogP contribution in [0.1, 0.15) is 36.0 Å². The van der Waals surface area contributed by atoms with Gasteiger partial charge in [-0.1, -0.05) is 18.2 Å². The number of rotatable bonds is 6. The smallest absolute Gasteiger partial charge is 0.0231 e. The van der Waals surface area contributed by atoms with Crippen LogP contribution in [0, 0.1) is 0 Å². The molecular formula is C16H24N2. The Hall–Kier alpha value is -0.860. The molecule has 0 aliphatic heterocycles. The first-order valence-electron chi connectivity index (χ1n) is 7.34. The van der Waals surface area contributed by atoms with Gasteiger partial charge >= 0.3 is 0 Å². The highest BCUT2D eigenvalue weighted by molar-refractivity contribution is 5.35. The standard InChI is InChI=1S/C16H24N2/c1-18(10-9-17-16-7-8-16)12-13-5-6-14-3-2-4-15(14)11-13/h5-6,11,16-17H,2-4,7-10,12H2,1H3. The number of nitrogens with zero attached hydrogens (tertiary/aromatic N) is 1. The molecule has 0 radical (unpaired) electrons. The van der Waals surface area contributed by atoms with Crippen LogP contribution in [0.25, 0.3) is 0 Å². The third-order valence-corrected chi connectivity index (χ3v) is 4.12. The van der Waals surface area contributed by atoms with E-state index in [4.69, 9.17) is 0 Å². The largest absolute Gasteiger partial charge is 0.313 e. The summed E-state index contributed by atoms with van der Waals surface area (Å²) in [6.07, 6.45) is 6.69. The van der Waals surface area contributed by atoms with Gasteiger partial charge in [-0.05, 0) is 55.8 Å². The van der Waals surface area contributed by atoms with E-state index in [0.717, 1.165) is 25.7 Å². The maximum absolute atomic E-state index is 3.57. The van der Waals surface area contributed by atoms with E-state index in [-0.39, 0.29) is 0 Å². The van der Waals surface area contributed by atoms with Crippen molar-refractivity contribution in [3.8, 4) is 0 Å². The molecule has 98 valence electrons. The monoisotopic (exact) mass is 244 g/mol. The molecule has 3 rings (SSSR count). The fraction of sp³-hybridized carbons (Fsp3) is 0.625. The molecule has 2 aliphatic carbocycles. The average Bonchev–Trinajstić information content (AvgIpc) is 3.06. The summed E-state index contributed by atoms with van der Waals surface area (Å²) in [6.45, 7) is 3.36. The van der Waals surface area contributed by atoms with Gasteiger partial charge in [-0.15, -0.1) is 0 Å². The third kappa shape index (κ3) is 3.12. The lowest BCUT2D eigenvalue weighted by atomic mass is 10.1. The van der Waals surface area contributed by atoms with Crippen molar-refractivity contribution in [2.75, 3.05) is 20.1 Å². The molecule has 0 saturated heterocycles. The predicted octanol–water partition coefficient (Wildman–Crippen LogP) is 2.36. The lowest BCUT2D eigenvalue weighted by Gasteiger charge is -2.17. The van der Waals surface area contributed by atoms with E-state index in [9.17, 15) is 0 Å². The maximum Gasteiger partial charge on any atom is 0.0231 e. The van der Waals surface area contributed by atoms with Gasteiger partial charge in [0.15, 0.2) is 0 Å². The second kappa shape index (κ2) is 5.41. The second-order valence-corrected chi connectivity index (χ2v) is 5.92. The number of benzene rings is 1. The summed E-state index contributed by atoms with van der Waals surface area (Å²) in [4.78, 5) is 2.42. The molecule has 1 fully saturated rings. The fourth-order valence-corrected chi connectivity index (χ4v) is 2.86. The molecule has 0 heterocycles.